The predicted molar refractivity (Wildman–Crippen MR) is 127 cm³/mol. The van der Waals surface area contributed by atoms with E-state index in [2.05, 4.69) is 10.4 Å². The Labute approximate surface area is 201 Å². The zero-order valence-electron chi connectivity index (χ0n) is 20.7. The normalized spacial score (nSPS) is 17.7. The molecule has 11 heteroatoms. The number of hydrazone groups is 1. The number of rotatable bonds is 7. The summed E-state index contributed by atoms with van der Waals surface area (Å²) in [5.41, 5.74) is 0.118. The van der Waals surface area contributed by atoms with Crippen LogP contribution in [0.25, 0.3) is 0 Å². The van der Waals surface area contributed by atoms with Gasteiger partial charge >= 0.3 is 6.09 Å². The maximum absolute atomic E-state index is 13.4. The van der Waals surface area contributed by atoms with E-state index in [1.165, 1.54) is 18.3 Å². The molecule has 0 fully saturated rings. The highest BCUT2D eigenvalue weighted by molar-refractivity contribution is 7.89. The molecule has 0 bridgehead atoms. The number of ether oxygens (including phenoxy) is 1. The van der Waals surface area contributed by atoms with Gasteiger partial charge in [-0.2, -0.15) is 5.10 Å². The van der Waals surface area contributed by atoms with Gasteiger partial charge in [0.05, 0.1) is 4.90 Å². The van der Waals surface area contributed by atoms with Crippen molar-refractivity contribution in [2.75, 3.05) is 7.05 Å². The number of hydrogen-bond acceptors (Lipinski definition) is 7. The van der Waals surface area contributed by atoms with Gasteiger partial charge in [0.2, 0.25) is 0 Å². The fraction of sp³-hybridized carbons (Fsp3) is 0.565. The van der Waals surface area contributed by atoms with Crippen LogP contribution in [0, 0.1) is 12.8 Å². The number of amides is 3. The summed E-state index contributed by atoms with van der Waals surface area (Å²) < 4.78 is 31.9. The molecule has 1 aromatic rings. The average molecular weight is 495 g/mol. The number of alkyl carbamates (subject to hydrolysis) is 1. The summed E-state index contributed by atoms with van der Waals surface area (Å²) in [5, 5.41) is 7.57. The maximum atomic E-state index is 13.4. The van der Waals surface area contributed by atoms with Crippen molar-refractivity contribution in [3.8, 4) is 0 Å². The zero-order chi connectivity index (χ0) is 25.8. The van der Waals surface area contributed by atoms with Crippen LogP contribution < -0.4 is 5.32 Å². The molecule has 1 N–H and O–H groups in total. The first-order valence-corrected chi connectivity index (χ1v) is 12.6. The fourth-order valence-electron chi connectivity index (χ4n) is 3.29. The average Bonchev–Trinajstić information content (AvgIpc) is 3.24. The summed E-state index contributed by atoms with van der Waals surface area (Å²) in [4.78, 5) is 38.9. The Morgan fingerprint density at radius 1 is 1.24 bits per heavy atom. The van der Waals surface area contributed by atoms with E-state index in [9.17, 15) is 22.8 Å². The van der Waals surface area contributed by atoms with Gasteiger partial charge < -0.3 is 10.1 Å². The lowest BCUT2D eigenvalue weighted by Crippen LogP contribution is -2.55. The van der Waals surface area contributed by atoms with Crippen LogP contribution in [0.2, 0.25) is 0 Å². The Hall–Kier alpha value is -2.95. The minimum Gasteiger partial charge on any atom is -0.444 e. The number of hydrogen-bond donors (Lipinski definition) is 1. The summed E-state index contributed by atoms with van der Waals surface area (Å²) in [6, 6.07) is 3.96. The van der Waals surface area contributed by atoms with E-state index in [4.69, 9.17) is 4.74 Å². The Bertz CT molecular complexity index is 1050. The first-order chi connectivity index (χ1) is 15.7. The van der Waals surface area contributed by atoms with Gasteiger partial charge in [-0.15, -0.1) is 0 Å². The Kier molecular flexibility index (Phi) is 8.46. The minimum atomic E-state index is -4.12. The molecule has 0 saturated carbocycles. The number of nitrogens with zero attached hydrogens (tertiary/aromatic N) is 3. The number of benzene rings is 1. The van der Waals surface area contributed by atoms with Crippen molar-refractivity contribution in [2.45, 2.75) is 77.0 Å². The molecule has 10 nitrogen and oxygen atoms in total. The van der Waals surface area contributed by atoms with Crippen molar-refractivity contribution in [2.24, 2.45) is 11.0 Å². The van der Waals surface area contributed by atoms with E-state index in [1.807, 2.05) is 13.8 Å². The largest absolute Gasteiger partial charge is 0.444 e. The lowest BCUT2D eigenvalue weighted by atomic mass is 9.98. The number of likely N-dealkylation sites (N-methyl/N-ethyl adjacent to an activating group) is 1. The monoisotopic (exact) mass is 494 g/mol. The van der Waals surface area contributed by atoms with Crippen LogP contribution in [0.4, 0.5) is 4.79 Å². The molecule has 0 saturated heterocycles. The van der Waals surface area contributed by atoms with Gasteiger partial charge in [0, 0.05) is 19.7 Å². The molecule has 34 heavy (non-hydrogen) atoms. The highest BCUT2D eigenvalue weighted by Crippen LogP contribution is 2.23. The van der Waals surface area contributed by atoms with Crippen molar-refractivity contribution in [1.82, 2.24) is 14.6 Å². The third-order valence-electron chi connectivity index (χ3n) is 5.48. The highest BCUT2D eigenvalue weighted by Gasteiger charge is 2.42. The lowest BCUT2D eigenvalue weighted by Gasteiger charge is -2.31. The molecule has 0 aliphatic carbocycles. The Morgan fingerprint density at radius 3 is 2.35 bits per heavy atom. The molecule has 2 unspecified atom stereocenters. The van der Waals surface area contributed by atoms with Gasteiger partial charge in [0.25, 0.3) is 21.8 Å². The molecule has 2 rings (SSSR count). The minimum absolute atomic E-state index is 0.0326. The number of nitrogens with one attached hydrogen (secondary N) is 1. The van der Waals surface area contributed by atoms with Crippen molar-refractivity contribution < 1.29 is 27.5 Å². The highest BCUT2D eigenvalue weighted by atomic mass is 32.2. The summed E-state index contributed by atoms with van der Waals surface area (Å²) in [6.07, 6.45) is 1.23. The molecule has 0 radical (unpaired) electrons. The molecule has 1 aliphatic rings. The second-order valence-corrected chi connectivity index (χ2v) is 11.3. The van der Waals surface area contributed by atoms with Crippen molar-refractivity contribution in [1.29, 1.82) is 0 Å². The molecule has 1 aromatic carbocycles. The Balaban J connectivity index is 2.25. The van der Waals surface area contributed by atoms with Crippen molar-refractivity contribution in [3.05, 3.63) is 29.8 Å². The van der Waals surface area contributed by atoms with E-state index >= 15 is 0 Å². The number of sulfonamides is 1. The van der Waals surface area contributed by atoms with Crippen LogP contribution in [0.5, 0.6) is 0 Å². The maximum Gasteiger partial charge on any atom is 0.408 e. The molecule has 1 heterocycles. The van der Waals surface area contributed by atoms with E-state index < -0.39 is 45.6 Å². The molecule has 0 aromatic heterocycles. The third-order valence-corrected chi connectivity index (χ3v) is 7.25. The summed E-state index contributed by atoms with van der Waals surface area (Å²) in [7, 11) is -2.97. The fourth-order valence-corrected chi connectivity index (χ4v) is 4.44. The van der Waals surface area contributed by atoms with E-state index in [0.29, 0.717) is 10.7 Å². The van der Waals surface area contributed by atoms with E-state index in [1.54, 1.807) is 39.8 Å². The molecule has 188 valence electrons. The standard InChI is InChI=1S/C23H34N4O6S/c1-8-16(3)19(25-22(30)33-23(4,5)6)21(29)27-18(13-14-24-27)20(28)26(7)34(31,32)17-11-9-15(2)10-12-17/h9-12,14,16,18-19H,8,13H2,1-7H3,(H,25,30)/t16?,18?,19-/m1/s1. The molecule has 0 spiro atoms. The van der Waals surface area contributed by atoms with E-state index in [0.717, 1.165) is 17.6 Å². The van der Waals surface area contributed by atoms with Crippen molar-refractivity contribution in [3.63, 3.8) is 0 Å². The SMILES string of the molecule is CCC(C)[C@@H](NC(=O)OC(C)(C)C)C(=O)N1N=CCC1C(=O)N(C)S(=O)(=O)c1ccc(C)cc1. The first-order valence-electron chi connectivity index (χ1n) is 11.1. The lowest BCUT2D eigenvalue weighted by molar-refractivity contribution is -0.143. The second kappa shape index (κ2) is 10.5. The van der Waals surface area contributed by atoms with Crippen LogP contribution in [0.1, 0.15) is 53.0 Å². The van der Waals surface area contributed by atoms with Gasteiger partial charge in [0.1, 0.15) is 17.7 Å². The molecular weight excluding hydrogens is 460 g/mol. The molecule has 3 atom stereocenters. The molecule has 3 amide bonds. The van der Waals surface area contributed by atoms with Gasteiger partial charge in [-0.3, -0.25) is 9.59 Å². The molecule has 1 aliphatic heterocycles. The van der Waals surface area contributed by atoms with Crippen LogP contribution >= 0.6 is 0 Å². The van der Waals surface area contributed by atoms with Gasteiger partial charge in [0.15, 0.2) is 0 Å². The van der Waals surface area contributed by atoms with Crippen LogP contribution in [-0.4, -0.2) is 66.6 Å². The zero-order valence-corrected chi connectivity index (χ0v) is 21.5. The van der Waals surface area contributed by atoms with Gasteiger partial charge in [-0.25, -0.2) is 22.5 Å². The third kappa shape index (κ3) is 6.34. The van der Waals surface area contributed by atoms with Crippen LogP contribution in [0.15, 0.2) is 34.3 Å². The van der Waals surface area contributed by atoms with Crippen LogP contribution in [0.3, 0.4) is 0 Å². The van der Waals surface area contributed by atoms with Gasteiger partial charge in [-0.05, 0) is 45.7 Å². The summed E-state index contributed by atoms with van der Waals surface area (Å²) in [5.74, 6) is -1.71. The summed E-state index contributed by atoms with van der Waals surface area (Å²) in [6.45, 7) is 10.6. The van der Waals surface area contributed by atoms with Gasteiger partial charge in [-0.1, -0.05) is 38.0 Å². The topological polar surface area (TPSA) is 125 Å². The molecular formula is C23H34N4O6S. The van der Waals surface area contributed by atoms with Crippen molar-refractivity contribution >= 4 is 34.1 Å². The smallest absolute Gasteiger partial charge is 0.408 e. The van der Waals surface area contributed by atoms with E-state index in [-0.39, 0.29) is 17.2 Å². The quantitative estimate of drug-likeness (QED) is 0.621. The number of carbonyl (C=O) groups is 3. The predicted octanol–water partition coefficient (Wildman–Crippen LogP) is 2.67. The van der Waals surface area contributed by atoms with Crippen LogP contribution in [-0.2, 0) is 24.3 Å². The first kappa shape index (κ1) is 27.3. The second-order valence-electron chi connectivity index (χ2n) is 9.37. The summed E-state index contributed by atoms with van der Waals surface area (Å²) >= 11 is 0. The number of aryl methyl sites for hydroxylation is 1. The number of carbonyl (C=O) groups excluding carboxylic acids is 3. The Morgan fingerprint density at radius 2 is 1.82 bits per heavy atom.